The summed E-state index contributed by atoms with van der Waals surface area (Å²) in [5.74, 6) is 0. The van der Waals surface area contributed by atoms with Crippen molar-refractivity contribution in [2.45, 2.75) is 0 Å². The lowest BCUT2D eigenvalue weighted by Crippen LogP contribution is -2.25. The van der Waals surface area contributed by atoms with Crippen LogP contribution >= 0.6 is 0 Å². The van der Waals surface area contributed by atoms with Crippen molar-refractivity contribution in [3.05, 3.63) is 42.7 Å². The molecule has 0 saturated heterocycles. The number of fused-ring (bicyclic) bond motifs is 2. The first-order valence-corrected chi connectivity index (χ1v) is 5.09. The SMILES string of the molecule is Cn1c[n+](C)c2cc3ccccc3cc21. The van der Waals surface area contributed by atoms with Gasteiger partial charge in [0.2, 0.25) is 6.33 Å². The Morgan fingerprint density at radius 3 is 2.47 bits per heavy atom. The average Bonchev–Trinajstić information content (AvgIpc) is 2.52. The molecule has 0 aliphatic heterocycles. The number of aromatic nitrogens is 2. The fraction of sp³-hybridized carbons (Fsp3) is 0.154. The molecule has 0 N–H and O–H groups in total. The maximum atomic E-state index is 2.24. The summed E-state index contributed by atoms with van der Waals surface area (Å²) in [6.07, 6.45) is 2.10. The van der Waals surface area contributed by atoms with Gasteiger partial charge in [-0.2, -0.15) is 0 Å². The first kappa shape index (κ1) is 8.48. The number of aryl methyl sites for hydroxylation is 2. The Morgan fingerprint density at radius 1 is 1.07 bits per heavy atom. The standard InChI is InChI=1S/C13H13N2/c1-14-9-15(2)13-8-11-6-4-3-5-10(11)7-12(13)14/h3-9H,1-2H3/q+1. The summed E-state index contributed by atoms with van der Waals surface area (Å²) in [7, 11) is 4.16. The van der Waals surface area contributed by atoms with E-state index in [0.29, 0.717) is 0 Å². The van der Waals surface area contributed by atoms with Gasteiger partial charge < -0.3 is 0 Å². The largest absolute Gasteiger partial charge is 0.244 e. The van der Waals surface area contributed by atoms with Crippen LogP contribution in [0.3, 0.4) is 0 Å². The maximum absolute atomic E-state index is 2.24. The number of hydrogen-bond acceptors (Lipinski definition) is 0. The van der Waals surface area contributed by atoms with Gasteiger partial charge in [-0.15, -0.1) is 0 Å². The fourth-order valence-electron chi connectivity index (χ4n) is 2.17. The lowest BCUT2D eigenvalue weighted by Gasteiger charge is -1.96. The van der Waals surface area contributed by atoms with Crippen LogP contribution in [-0.2, 0) is 14.1 Å². The lowest BCUT2D eigenvalue weighted by molar-refractivity contribution is -0.645. The summed E-state index contributed by atoms with van der Waals surface area (Å²) in [5, 5.41) is 2.60. The molecule has 1 aromatic heterocycles. The van der Waals surface area contributed by atoms with E-state index >= 15 is 0 Å². The van der Waals surface area contributed by atoms with E-state index in [2.05, 4.69) is 66.0 Å². The van der Waals surface area contributed by atoms with Crippen LogP contribution in [0, 0.1) is 0 Å². The summed E-state index contributed by atoms with van der Waals surface area (Å²) >= 11 is 0. The third kappa shape index (κ3) is 1.14. The Balaban J connectivity index is 2.55. The molecule has 0 unspecified atom stereocenters. The first-order chi connectivity index (χ1) is 7.25. The summed E-state index contributed by atoms with van der Waals surface area (Å²) in [6, 6.07) is 13.0. The quantitative estimate of drug-likeness (QED) is 0.488. The average molecular weight is 197 g/mol. The van der Waals surface area contributed by atoms with E-state index in [-0.39, 0.29) is 0 Å². The van der Waals surface area contributed by atoms with Crippen molar-refractivity contribution < 1.29 is 4.57 Å². The molecule has 0 bridgehead atoms. The van der Waals surface area contributed by atoms with Gasteiger partial charge in [-0.25, -0.2) is 9.13 Å². The van der Waals surface area contributed by atoms with Crippen LogP contribution in [0.4, 0.5) is 0 Å². The zero-order valence-electron chi connectivity index (χ0n) is 8.94. The van der Waals surface area contributed by atoms with Gasteiger partial charge in [-0.1, -0.05) is 24.3 Å². The Hall–Kier alpha value is -1.83. The highest BCUT2D eigenvalue weighted by Gasteiger charge is 2.10. The molecule has 2 aromatic carbocycles. The van der Waals surface area contributed by atoms with Crippen LogP contribution in [0.5, 0.6) is 0 Å². The van der Waals surface area contributed by atoms with E-state index in [1.54, 1.807) is 0 Å². The molecule has 2 heteroatoms. The molecule has 1 heterocycles. The van der Waals surface area contributed by atoms with E-state index in [1.807, 2.05) is 0 Å². The lowest BCUT2D eigenvalue weighted by atomic mass is 10.1. The molecule has 0 saturated carbocycles. The van der Waals surface area contributed by atoms with Gasteiger partial charge in [-0.05, 0) is 22.9 Å². The van der Waals surface area contributed by atoms with Crippen LogP contribution in [0.15, 0.2) is 42.7 Å². The molecule has 15 heavy (non-hydrogen) atoms. The monoisotopic (exact) mass is 197 g/mol. The molecule has 0 spiro atoms. The van der Waals surface area contributed by atoms with Crippen molar-refractivity contribution in [1.82, 2.24) is 4.57 Å². The number of benzene rings is 2. The van der Waals surface area contributed by atoms with Crippen LogP contribution in [-0.4, -0.2) is 4.57 Å². The van der Waals surface area contributed by atoms with E-state index in [1.165, 1.54) is 21.8 Å². The predicted molar refractivity (Wildman–Crippen MR) is 61.6 cm³/mol. The zero-order valence-corrected chi connectivity index (χ0v) is 8.94. The van der Waals surface area contributed by atoms with Crippen molar-refractivity contribution >= 4 is 21.8 Å². The van der Waals surface area contributed by atoms with E-state index < -0.39 is 0 Å². The second-order valence-electron chi connectivity index (χ2n) is 4.03. The van der Waals surface area contributed by atoms with E-state index in [0.717, 1.165) is 0 Å². The van der Waals surface area contributed by atoms with Crippen molar-refractivity contribution in [3.63, 3.8) is 0 Å². The molecular formula is C13H13N2+. The van der Waals surface area contributed by atoms with Gasteiger partial charge in [-0.3, -0.25) is 0 Å². The van der Waals surface area contributed by atoms with E-state index in [4.69, 9.17) is 0 Å². The Kier molecular flexibility index (Phi) is 1.60. The summed E-state index contributed by atoms with van der Waals surface area (Å²) in [5.41, 5.74) is 2.55. The van der Waals surface area contributed by atoms with Crippen LogP contribution in [0.25, 0.3) is 21.8 Å². The third-order valence-corrected chi connectivity index (χ3v) is 2.95. The van der Waals surface area contributed by atoms with Gasteiger partial charge in [0.25, 0.3) is 0 Å². The molecule has 74 valence electrons. The highest BCUT2D eigenvalue weighted by molar-refractivity contribution is 5.93. The van der Waals surface area contributed by atoms with Gasteiger partial charge in [0.05, 0.1) is 14.1 Å². The van der Waals surface area contributed by atoms with E-state index in [9.17, 15) is 0 Å². The summed E-state index contributed by atoms with van der Waals surface area (Å²) in [4.78, 5) is 0. The fourth-order valence-corrected chi connectivity index (χ4v) is 2.17. The second-order valence-corrected chi connectivity index (χ2v) is 4.03. The highest BCUT2D eigenvalue weighted by Crippen LogP contribution is 2.20. The molecule has 2 nitrogen and oxygen atoms in total. The van der Waals surface area contributed by atoms with Gasteiger partial charge in [0, 0.05) is 0 Å². The molecule has 0 aliphatic rings. The molecular weight excluding hydrogens is 184 g/mol. The van der Waals surface area contributed by atoms with Crippen LogP contribution in [0.1, 0.15) is 0 Å². The topological polar surface area (TPSA) is 8.81 Å². The minimum atomic E-state index is 1.27. The summed E-state index contributed by atoms with van der Waals surface area (Å²) < 4.78 is 4.31. The number of rotatable bonds is 0. The van der Waals surface area contributed by atoms with Crippen molar-refractivity contribution in [3.8, 4) is 0 Å². The highest BCUT2D eigenvalue weighted by atomic mass is 15.1. The molecule has 0 amide bonds. The minimum absolute atomic E-state index is 1.27. The molecule has 0 fully saturated rings. The first-order valence-electron chi connectivity index (χ1n) is 5.09. The molecule has 3 aromatic rings. The molecule has 3 rings (SSSR count). The maximum Gasteiger partial charge on any atom is 0.244 e. The van der Waals surface area contributed by atoms with Crippen molar-refractivity contribution in [2.24, 2.45) is 14.1 Å². The van der Waals surface area contributed by atoms with Gasteiger partial charge in [0.15, 0.2) is 11.0 Å². The normalized spacial score (nSPS) is 11.3. The number of imidazole rings is 1. The Bertz CT molecular complexity index is 594. The van der Waals surface area contributed by atoms with Crippen molar-refractivity contribution in [2.75, 3.05) is 0 Å². The van der Waals surface area contributed by atoms with Gasteiger partial charge in [0.1, 0.15) is 0 Å². The van der Waals surface area contributed by atoms with Crippen LogP contribution < -0.4 is 4.57 Å². The minimum Gasteiger partial charge on any atom is -0.233 e. The third-order valence-electron chi connectivity index (χ3n) is 2.95. The van der Waals surface area contributed by atoms with Gasteiger partial charge >= 0.3 is 0 Å². The van der Waals surface area contributed by atoms with Crippen molar-refractivity contribution in [1.29, 1.82) is 0 Å². The number of hydrogen-bond donors (Lipinski definition) is 0. The molecule has 0 atom stereocenters. The summed E-state index contributed by atoms with van der Waals surface area (Å²) in [6.45, 7) is 0. The molecule has 0 aliphatic carbocycles. The smallest absolute Gasteiger partial charge is 0.233 e. The predicted octanol–water partition coefficient (Wildman–Crippen LogP) is 2.16. The Labute approximate surface area is 88.4 Å². The number of nitrogens with zero attached hydrogens (tertiary/aromatic N) is 2. The Morgan fingerprint density at radius 2 is 1.73 bits per heavy atom. The molecule has 0 radical (unpaired) electrons. The van der Waals surface area contributed by atoms with Crippen LogP contribution in [0.2, 0.25) is 0 Å². The second kappa shape index (κ2) is 2.83. The zero-order chi connectivity index (χ0) is 10.4.